The summed E-state index contributed by atoms with van der Waals surface area (Å²) in [6.07, 6.45) is 2.72. The summed E-state index contributed by atoms with van der Waals surface area (Å²) >= 11 is 0. The second-order valence-corrected chi connectivity index (χ2v) is 3.96. The fourth-order valence-corrected chi connectivity index (χ4v) is 1.33. The average molecular weight is 172 g/mol. The third-order valence-corrected chi connectivity index (χ3v) is 2.54. The van der Waals surface area contributed by atoms with E-state index < -0.39 is 9.84 Å². The highest BCUT2D eigenvalue weighted by atomic mass is 32.2. The molecule has 1 aromatic heterocycles. The van der Waals surface area contributed by atoms with Crippen molar-refractivity contribution in [2.75, 3.05) is 0 Å². The van der Waals surface area contributed by atoms with Gasteiger partial charge >= 0.3 is 0 Å². The molecular formula is C6H8N2O2S. The lowest BCUT2D eigenvalue weighted by molar-refractivity contribution is 0.604. The molecule has 1 rings (SSSR count). The molecule has 0 bridgehead atoms. The molecule has 0 radical (unpaired) electrons. The molecule has 0 unspecified atom stereocenters. The van der Waals surface area contributed by atoms with Crippen molar-refractivity contribution in [1.82, 2.24) is 9.78 Å². The van der Waals surface area contributed by atoms with E-state index in [-0.39, 0.29) is 4.90 Å². The summed E-state index contributed by atoms with van der Waals surface area (Å²) < 4.78 is 23.5. The number of nitrogens with zero attached hydrogens (tertiary/aromatic N) is 2. The van der Waals surface area contributed by atoms with Crippen LogP contribution in [0.1, 0.15) is 0 Å². The lowest BCUT2D eigenvalue weighted by Crippen LogP contribution is -1.92. The van der Waals surface area contributed by atoms with Crippen LogP contribution in [0.2, 0.25) is 0 Å². The SMILES string of the molecule is C=CS(=O)(=O)c1cnn(C)c1. The Labute approximate surface area is 65.1 Å². The van der Waals surface area contributed by atoms with Crippen molar-refractivity contribution in [3.63, 3.8) is 0 Å². The van der Waals surface area contributed by atoms with Crippen LogP contribution in [0.15, 0.2) is 29.3 Å². The second-order valence-electron chi connectivity index (χ2n) is 2.06. The Morgan fingerprint density at radius 2 is 2.36 bits per heavy atom. The van der Waals surface area contributed by atoms with Crippen LogP contribution < -0.4 is 0 Å². The molecule has 5 heteroatoms. The molecular weight excluding hydrogens is 164 g/mol. The van der Waals surface area contributed by atoms with Crippen LogP contribution in [0.25, 0.3) is 0 Å². The quantitative estimate of drug-likeness (QED) is 0.646. The Morgan fingerprint density at radius 3 is 2.73 bits per heavy atom. The Bertz CT molecular complexity index is 364. The highest BCUT2D eigenvalue weighted by Gasteiger charge is 2.10. The summed E-state index contributed by atoms with van der Waals surface area (Å²) in [5.74, 6) is 0. The first-order valence-corrected chi connectivity index (χ1v) is 4.47. The Hall–Kier alpha value is -1.10. The van der Waals surface area contributed by atoms with Gasteiger partial charge in [-0.3, -0.25) is 4.68 Å². The van der Waals surface area contributed by atoms with E-state index in [4.69, 9.17) is 0 Å². The normalized spacial score (nSPS) is 11.4. The fraction of sp³-hybridized carbons (Fsp3) is 0.167. The van der Waals surface area contributed by atoms with Crippen LogP contribution in [0, 0.1) is 0 Å². The highest BCUT2D eigenvalue weighted by Crippen LogP contribution is 2.08. The van der Waals surface area contributed by atoms with E-state index in [2.05, 4.69) is 11.7 Å². The smallest absolute Gasteiger partial charge is 0.202 e. The Balaban J connectivity index is 3.23. The molecule has 11 heavy (non-hydrogen) atoms. The number of rotatable bonds is 2. The number of hydrogen-bond donors (Lipinski definition) is 0. The van der Waals surface area contributed by atoms with Crippen molar-refractivity contribution in [1.29, 1.82) is 0 Å². The number of aryl methyl sites for hydroxylation is 1. The van der Waals surface area contributed by atoms with Crippen molar-refractivity contribution in [3.8, 4) is 0 Å². The molecule has 0 aliphatic heterocycles. The van der Waals surface area contributed by atoms with E-state index in [1.54, 1.807) is 7.05 Å². The minimum Gasteiger partial charge on any atom is -0.274 e. The summed E-state index contributed by atoms with van der Waals surface area (Å²) in [5.41, 5.74) is 0. The van der Waals surface area contributed by atoms with Gasteiger partial charge in [-0.25, -0.2) is 8.42 Å². The molecule has 4 nitrogen and oxygen atoms in total. The Kier molecular flexibility index (Phi) is 1.82. The van der Waals surface area contributed by atoms with Crippen molar-refractivity contribution in [2.24, 2.45) is 7.05 Å². The van der Waals surface area contributed by atoms with Gasteiger partial charge in [0.15, 0.2) is 0 Å². The first-order valence-electron chi connectivity index (χ1n) is 2.92. The zero-order valence-corrected chi connectivity index (χ0v) is 6.87. The Morgan fingerprint density at radius 1 is 1.73 bits per heavy atom. The summed E-state index contributed by atoms with van der Waals surface area (Å²) in [7, 11) is -1.64. The maximum atomic E-state index is 11.0. The van der Waals surface area contributed by atoms with E-state index in [1.165, 1.54) is 17.1 Å². The topological polar surface area (TPSA) is 52.0 Å². The lowest BCUT2D eigenvalue weighted by Gasteiger charge is -1.88. The van der Waals surface area contributed by atoms with Gasteiger partial charge in [-0.2, -0.15) is 5.10 Å². The summed E-state index contributed by atoms with van der Waals surface area (Å²) in [4.78, 5) is 0.176. The van der Waals surface area contributed by atoms with Gasteiger partial charge in [-0.05, 0) is 0 Å². The van der Waals surface area contributed by atoms with Gasteiger partial charge in [0, 0.05) is 18.7 Å². The van der Waals surface area contributed by atoms with Gasteiger partial charge in [-0.15, -0.1) is 0 Å². The predicted octanol–water partition coefficient (Wildman–Crippen LogP) is 0.337. The third-order valence-electron chi connectivity index (χ3n) is 1.23. The lowest BCUT2D eigenvalue weighted by atomic mass is 10.7. The van der Waals surface area contributed by atoms with Gasteiger partial charge in [0.2, 0.25) is 9.84 Å². The van der Waals surface area contributed by atoms with E-state index in [1.807, 2.05) is 0 Å². The van der Waals surface area contributed by atoms with Gasteiger partial charge < -0.3 is 0 Å². The van der Waals surface area contributed by atoms with E-state index in [0.717, 1.165) is 5.41 Å². The highest BCUT2D eigenvalue weighted by molar-refractivity contribution is 7.94. The van der Waals surface area contributed by atoms with Gasteiger partial charge in [0.25, 0.3) is 0 Å². The molecule has 0 aromatic carbocycles. The third kappa shape index (κ3) is 1.48. The summed E-state index contributed by atoms with van der Waals surface area (Å²) in [6, 6.07) is 0. The van der Waals surface area contributed by atoms with Gasteiger partial charge in [0.1, 0.15) is 4.90 Å². The second kappa shape index (κ2) is 2.50. The monoisotopic (exact) mass is 172 g/mol. The van der Waals surface area contributed by atoms with Crippen LogP contribution in [-0.4, -0.2) is 18.2 Å². The van der Waals surface area contributed by atoms with Crippen molar-refractivity contribution >= 4 is 9.84 Å². The maximum absolute atomic E-state index is 11.0. The van der Waals surface area contributed by atoms with Gasteiger partial charge in [-0.1, -0.05) is 6.58 Å². The molecule has 60 valence electrons. The maximum Gasteiger partial charge on any atom is 0.202 e. The first kappa shape index (κ1) is 8.00. The van der Waals surface area contributed by atoms with Crippen LogP contribution in [-0.2, 0) is 16.9 Å². The van der Waals surface area contributed by atoms with E-state index in [0.29, 0.717) is 0 Å². The molecule has 0 amide bonds. The van der Waals surface area contributed by atoms with Gasteiger partial charge in [0.05, 0.1) is 6.20 Å². The van der Waals surface area contributed by atoms with E-state index >= 15 is 0 Å². The molecule has 0 aliphatic rings. The summed E-state index contributed by atoms with van der Waals surface area (Å²) in [5, 5.41) is 4.63. The number of hydrogen-bond acceptors (Lipinski definition) is 3. The minimum absolute atomic E-state index is 0.176. The van der Waals surface area contributed by atoms with Crippen molar-refractivity contribution in [2.45, 2.75) is 4.90 Å². The number of aromatic nitrogens is 2. The van der Waals surface area contributed by atoms with Crippen molar-refractivity contribution < 1.29 is 8.42 Å². The van der Waals surface area contributed by atoms with Crippen LogP contribution in [0.4, 0.5) is 0 Å². The van der Waals surface area contributed by atoms with Crippen LogP contribution in [0.3, 0.4) is 0 Å². The predicted molar refractivity (Wildman–Crippen MR) is 40.6 cm³/mol. The standard InChI is InChI=1S/C6H8N2O2S/c1-3-11(9,10)6-4-7-8(2)5-6/h3-5H,1H2,2H3. The molecule has 0 fully saturated rings. The van der Waals surface area contributed by atoms with Crippen molar-refractivity contribution in [3.05, 3.63) is 24.4 Å². The molecule has 0 atom stereocenters. The zero-order valence-electron chi connectivity index (χ0n) is 6.06. The molecule has 0 N–H and O–H groups in total. The fourth-order valence-electron chi connectivity index (χ4n) is 0.642. The summed E-state index contributed by atoms with van der Waals surface area (Å²) in [6.45, 7) is 3.19. The number of sulfone groups is 1. The molecule has 1 heterocycles. The van der Waals surface area contributed by atoms with Crippen LogP contribution in [0.5, 0.6) is 0 Å². The minimum atomic E-state index is -3.30. The average Bonchev–Trinajstić information content (AvgIpc) is 2.36. The molecule has 0 saturated heterocycles. The van der Waals surface area contributed by atoms with Crippen LogP contribution >= 0.6 is 0 Å². The van der Waals surface area contributed by atoms with E-state index in [9.17, 15) is 8.42 Å². The zero-order chi connectivity index (χ0) is 8.48. The molecule has 1 aromatic rings. The molecule has 0 saturated carbocycles. The molecule has 0 aliphatic carbocycles. The molecule has 0 spiro atoms. The first-order chi connectivity index (χ1) is 5.06. The largest absolute Gasteiger partial charge is 0.274 e.